The predicted octanol–water partition coefficient (Wildman–Crippen LogP) is 3.75. The molecule has 0 bridgehead atoms. The third-order valence-electron chi connectivity index (χ3n) is 5.89. The van der Waals surface area contributed by atoms with Gasteiger partial charge in [-0.3, -0.25) is 19.2 Å². The lowest BCUT2D eigenvalue weighted by Gasteiger charge is -2.17. The number of imide groups is 1. The van der Waals surface area contributed by atoms with Crippen LogP contribution in [0.3, 0.4) is 0 Å². The average molecular weight is 440 g/mol. The lowest BCUT2D eigenvalue weighted by Crippen LogP contribution is -2.29. The molecule has 3 aromatic rings. The highest BCUT2D eigenvalue weighted by molar-refractivity contribution is 6.34. The molecule has 2 aliphatic rings. The van der Waals surface area contributed by atoms with Gasteiger partial charge in [-0.15, -0.1) is 0 Å². The van der Waals surface area contributed by atoms with Crippen molar-refractivity contribution in [2.24, 2.45) is 5.92 Å². The fourth-order valence-electron chi connectivity index (χ4n) is 4.15. The average Bonchev–Trinajstić information content (AvgIpc) is 3.32. The molecule has 7 heteroatoms. The van der Waals surface area contributed by atoms with Crippen LogP contribution in [0, 0.1) is 12.8 Å². The number of rotatable bonds is 4. The Balaban J connectivity index is 1.31. The Labute approximate surface area is 190 Å². The molecule has 164 valence electrons. The number of anilines is 2. The van der Waals surface area contributed by atoms with Crippen LogP contribution in [0.15, 0.2) is 72.8 Å². The minimum Gasteiger partial charge on any atom is -0.426 e. The SMILES string of the molecule is Cc1ccc(N2C[C@@H](C(=O)Oc3cccc(N4C(=O)c5ccccc5C4=O)c3)CC2=O)cc1. The molecule has 1 saturated heterocycles. The summed E-state index contributed by atoms with van der Waals surface area (Å²) in [5.74, 6) is -1.92. The summed E-state index contributed by atoms with van der Waals surface area (Å²) in [7, 11) is 0. The Morgan fingerprint density at radius 1 is 0.848 bits per heavy atom. The van der Waals surface area contributed by atoms with Crippen LogP contribution >= 0.6 is 0 Å². The van der Waals surface area contributed by atoms with Gasteiger partial charge >= 0.3 is 5.97 Å². The summed E-state index contributed by atoms with van der Waals surface area (Å²) < 4.78 is 5.53. The van der Waals surface area contributed by atoms with Gasteiger partial charge in [-0.1, -0.05) is 35.9 Å². The number of benzene rings is 3. The van der Waals surface area contributed by atoms with Gasteiger partial charge in [0.05, 0.1) is 22.7 Å². The molecule has 3 amide bonds. The molecule has 0 unspecified atom stereocenters. The summed E-state index contributed by atoms with van der Waals surface area (Å²) in [5, 5.41) is 0. The highest BCUT2D eigenvalue weighted by Gasteiger charge is 2.38. The van der Waals surface area contributed by atoms with Crippen molar-refractivity contribution in [2.75, 3.05) is 16.3 Å². The molecule has 2 heterocycles. The fraction of sp³-hybridized carbons (Fsp3) is 0.154. The first-order valence-electron chi connectivity index (χ1n) is 10.6. The molecule has 0 aliphatic carbocycles. The van der Waals surface area contributed by atoms with Gasteiger partial charge in [-0.05, 0) is 43.3 Å². The molecule has 0 aromatic heterocycles. The van der Waals surface area contributed by atoms with Gasteiger partial charge in [0.2, 0.25) is 5.91 Å². The Hall–Kier alpha value is -4.26. The third-order valence-corrected chi connectivity index (χ3v) is 5.89. The summed E-state index contributed by atoms with van der Waals surface area (Å²) in [6.07, 6.45) is 0.0603. The largest absolute Gasteiger partial charge is 0.426 e. The molecule has 7 nitrogen and oxygen atoms in total. The van der Waals surface area contributed by atoms with Crippen LogP contribution in [0.1, 0.15) is 32.7 Å². The van der Waals surface area contributed by atoms with Gasteiger partial charge in [0.1, 0.15) is 5.75 Å². The standard InChI is InChI=1S/C26H20N2O5/c1-16-9-11-18(12-10-16)27-15-17(13-23(27)29)26(32)33-20-6-4-5-19(14-20)28-24(30)21-7-2-3-8-22(21)25(28)31/h2-12,14,17H,13,15H2,1H3/t17-/m0/s1. The first kappa shape index (κ1) is 20.6. The lowest BCUT2D eigenvalue weighted by molar-refractivity contribution is -0.139. The Morgan fingerprint density at radius 3 is 2.18 bits per heavy atom. The van der Waals surface area contributed by atoms with Crippen molar-refractivity contribution in [3.8, 4) is 5.75 Å². The van der Waals surface area contributed by atoms with E-state index < -0.39 is 23.7 Å². The molecule has 2 aliphatic heterocycles. The highest BCUT2D eigenvalue weighted by Crippen LogP contribution is 2.31. The summed E-state index contributed by atoms with van der Waals surface area (Å²) in [5.41, 5.74) is 2.82. The molecule has 0 radical (unpaired) electrons. The topological polar surface area (TPSA) is 84.0 Å². The van der Waals surface area contributed by atoms with Crippen LogP contribution in [0.5, 0.6) is 5.75 Å². The van der Waals surface area contributed by atoms with Crippen LogP contribution in [-0.2, 0) is 9.59 Å². The van der Waals surface area contributed by atoms with E-state index in [1.54, 1.807) is 47.4 Å². The molecule has 0 saturated carbocycles. The van der Waals surface area contributed by atoms with E-state index in [9.17, 15) is 19.2 Å². The number of carbonyl (C=O) groups is 4. The quantitative estimate of drug-likeness (QED) is 0.351. The number of fused-ring (bicyclic) bond motifs is 1. The minimum absolute atomic E-state index is 0.0603. The number of aryl methyl sites for hydroxylation is 1. The van der Waals surface area contributed by atoms with E-state index in [4.69, 9.17) is 4.74 Å². The van der Waals surface area contributed by atoms with Gasteiger partial charge in [-0.25, -0.2) is 4.90 Å². The number of hydrogen-bond acceptors (Lipinski definition) is 5. The van der Waals surface area contributed by atoms with Crippen LogP contribution in [0.2, 0.25) is 0 Å². The van der Waals surface area contributed by atoms with Crippen molar-refractivity contribution in [3.05, 3.63) is 89.5 Å². The normalized spacial score (nSPS) is 17.5. The molecule has 3 aromatic carbocycles. The molecular weight excluding hydrogens is 420 g/mol. The first-order valence-corrected chi connectivity index (χ1v) is 10.6. The molecule has 0 N–H and O–H groups in total. The molecule has 5 rings (SSSR count). The van der Waals surface area contributed by atoms with Crippen LogP contribution in [-0.4, -0.2) is 30.2 Å². The predicted molar refractivity (Wildman–Crippen MR) is 121 cm³/mol. The van der Waals surface area contributed by atoms with Gasteiger partial charge in [-0.2, -0.15) is 0 Å². The van der Waals surface area contributed by atoms with Gasteiger partial charge in [0.25, 0.3) is 11.8 Å². The van der Waals surface area contributed by atoms with Crippen molar-refractivity contribution in [1.82, 2.24) is 0 Å². The van der Waals surface area contributed by atoms with E-state index in [0.717, 1.165) is 16.2 Å². The second-order valence-electron chi connectivity index (χ2n) is 8.15. The molecule has 33 heavy (non-hydrogen) atoms. The number of ether oxygens (including phenoxy) is 1. The Kier molecular flexibility index (Phi) is 5.01. The molecule has 1 fully saturated rings. The first-order chi connectivity index (χ1) is 15.9. The summed E-state index contributed by atoms with van der Waals surface area (Å²) in [6, 6.07) is 20.4. The summed E-state index contributed by atoms with van der Waals surface area (Å²) in [4.78, 5) is 53.4. The number of esters is 1. The van der Waals surface area contributed by atoms with E-state index in [-0.39, 0.29) is 24.6 Å². The van der Waals surface area contributed by atoms with Gasteiger partial charge in [0, 0.05) is 24.7 Å². The summed E-state index contributed by atoms with van der Waals surface area (Å²) in [6.45, 7) is 2.20. The zero-order chi connectivity index (χ0) is 23.1. The third kappa shape index (κ3) is 3.67. The number of carbonyl (C=O) groups excluding carboxylic acids is 4. The van der Waals surface area contributed by atoms with Crippen LogP contribution in [0.4, 0.5) is 11.4 Å². The molecular formula is C26H20N2O5. The molecule has 1 atom stereocenters. The minimum atomic E-state index is -0.609. The van der Waals surface area contributed by atoms with Crippen molar-refractivity contribution in [1.29, 1.82) is 0 Å². The van der Waals surface area contributed by atoms with E-state index in [0.29, 0.717) is 16.8 Å². The van der Waals surface area contributed by atoms with E-state index in [1.165, 1.54) is 6.07 Å². The fourth-order valence-corrected chi connectivity index (χ4v) is 4.15. The second-order valence-corrected chi connectivity index (χ2v) is 8.15. The van der Waals surface area contributed by atoms with Crippen molar-refractivity contribution < 1.29 is 23.9 Å². The van der Waals surface area contributed by atoms with Crippen molar-refractivity contribution >= 4 is 35.1 Å². The van der Waals surface area contributed by atoms with Crippen molar-refractivity contribution in [3.63, 3.8) is 0 Å². The maximum atomic E-state index is 12.8. The Bertz CT molecular complexity index is 1260. The van der Waals surface area contributed by atoms with Crippen LogP contribution in [0.25, 0.3) is 0 Å². The van der Waals surface area contributed by atoms with Gasteiger partial charge < -0.3 is 9.64 Å². The van der Waals surface area contributed by atoms with Crippen LogP contribution < -0.4 is 14.5 Å². The zero-order valence-electron chi connectivity index (χ0n) is 17.9. The number of hydrogen-bond donors (Lipinski definition) is 0. The van der Waals surface area contributed by atoms with E-state index in [1.807, 2.05) is 31.2 Å². The highest BCUT2D eigenvalue weighted by atomic mass is 16.5. The summed E-state index contributed by atoms with van der Waals surface area (Å²) >= 11 is 0. The smallest absolute Gasteiger partial charge is 0.316 e. The zero-order valence-corrected chi connectivity index (χ0v) is 17.9. The van der Waals surface area contributed by atoms with Crippen molar-refractivity contribution in [2.45, 2.75) is 13.3 Å². The molecule has 0 spiro atoms. The lowest BCUT2D eigenvalue weighted by atomic mass is 10.1. The Morgan fingerprint density at radius 2 is 1.52 bits per heavy atom. The second kappa shape index (κ2) is 8.02. The van der Waals surface area contributed by atoms with Gasteiger partial charge in [0.15, 0.2) is 0 Å². The van der Waals surface area contributed by atoms with E-state index >= 15 is 0 Å². The maximum absolute atomic E-state index is 12.8. The van der Waals surface area contributed by atoms with E-state index in [2.05, 4.69) is 0 Å². The number of amides is 3. The maximum Gasteiger partial charge on any atom is 0.316 e. The number of nitrogens with zero attached hydrogens (tertiary/aromatic N) is 2. The monoisotopic (exact) mass is 440 g/mol.